The van der Waals surface area contributed by atoms with Crippen molar-refractivity contribution in [3.05, 3.63) is 65.7 Å². The first-order chi connectivity index (χ1) is 14.2. The van der Waals surface area contributed by atoms with Crippen LogP contribution in [0.4, 0.5) is 0 Å². The Kier molecular flexibility index (Phi) is 6.50. The van der Waals surface area contributed by atoms with E-state index < -0.39 is 0 Å². The average molecular weight is 393 g/mol. The fourth-order valence-corrected chi connectivity index (χ4v) is 4.88. The Balaban J connectivity index is 1.38. The molecule has 2 fully saturated rings. The van der Waals surface area contributed by atoms with Gasteiger partial charge in [-0.1, -0.05) is 42.5 Å². The summed E-state index contributed by atoms with van der Waals surface area (Å²) in [6.45, 7) is 3.80. The van der Waals surface area contributed by atoms with E-state index in [1.54, 1.807) is 7.11 Å². The monoisotopic (exact) mass is 392 g/mol. The lowest BCUT2D eigenvalue weighted by atomic mass is 9.89. The number of methoxy groups -OCH3 is 1. The lowest BCUT2D eigenvalue weighted by molar-refractivity contribution is -0.131. The number of ether oxygens (including phenoxy) is 1. The van der Waals surface area contributed by atoms with Crippen LogP contribution in [0.25, 0.3) is 0 Å². The van der Waals surface area contributed by atoms with E-state index in [-0.39, 0.29) is 5.91 Å². The van der Waals surface area contributed by atoms with Gasteiger partial charge in [0.1, 0.15) is 5.75 Å². The van der Waals surface area contributed by atoms with Crippen molar-refractivity contribution in [3.63, 3.8) is 0 Å². The zero-order valence-corrected chi connectivity index (χ0v) is 17.4. The minimum atomic E-state index is 0.284. The number of nitrogens with zero attached hydrogens (tertiary/aromatic N) is 2. The summed E-state index contributed by atoms with van der Waals surface area (Å²) in [4.78, 5) is 17.5. The van der Waals surface area contributed by atoms with Crippen molar-refractivity contribution < 1.29 is 9.53 Å². The number of carbonyl (C=O) groups is 1. The molecule has 0 radical (unpaired) electrons. The van der Waals surface area contributed by atoms with Gasteiger partial charge in [-0.15, -0.1) is 0 Å². The Morgan fingerprint density at radius 1 is 1.00 bits per heavy atom. The third kappa shape index (κ3) is 4.99. The van der Waals surface area contributed by atoms with Gasteiger partial charge < -0.3 is 9.64 Å². The number of benzene rings is 2. The molecular formula is C25H32N2O2. The van der Waals surface area contributed by atoms with Crippen LogP contribution in [-0.2, 0) is 11.3 Å². The second kappa shape index (κ2) is 9.45. The fraction of sp³-hybridized carbons (Fsp3) is 0.480. The molecule has 1 amide bonds. The van der Waals surface area contributed by atoms with Crippen LogP contribution in [0.2, 0.25) is 0 Å². The fourth-order valence-electron chi connectivity index (χ4n) is 4.88. The van der Waals surface area contributed by atoms with E-state index in [0.29, 0.717) is 24.9 Å². The third-order valence-electron chi connectivity index (χ3n) is 6.52. The first-order valence-corrected chi connectivity index (χ1v) is 10.9. The Labute approximate surface area is 174 Å². The molecule has 2 aromatic carbocycles. The van der Waals surface area contributed by atoms with Gasteiger partial charge in [-0.25, -0.2) is 0 Å². The molecule has 2 saturated heterocycles. The van der Waals surface area contributed by atoms with Crippen molar-refractivity contribution in [1.82, 2.24) is 9.80 Å². The highest BCUT2D eigenvalue weighted by Crippen LogP contribution is 2.30. The topological polar surface area (TPSA) is 32.8 Å². The maximum atomic E-state index is 12.8. The van der Waals surface area contributed by atoms with E-state index in [9.17, 15) is 4.79 Å². The number of likely N-dealkylation sites (tertiary alicyclic amines) is 2. The molecule has 0 aromatic heterocycles. The van der Waals surface area contributed by atoms with Crippen LogP contribution >= 0.6 is 0 Å². The number of amides is 1. The first kappa shape index (κ1) is 20.0. The number of hydrogen-bond donors (Lipinski definition) is 0. The van der Waals surface area contributed by atoms with Crippen LogP contribution in [-0.4, -0.2) is 48.5 Å². The normalized spacial score (nSPS) is 23.6. The lowest BCUT2D eigenvalue weighted by Gasteiger charge is -2.38. The van der Waals surface area contributed by atoms with E-state index in [1.165, 1.54) is 18.4 Å². The second-order valence-corrected chi connectivity index (χ2v) is 8.39. The number of carbonyl (C=O) groups excluding carboxylic acids is 1. The Morgan fingerprint density at radius 3 is 2.69 bits per heavy atom. The summed E-state index contributed by atoms with van der Waals surface area (Å²) in [5.74, 6) is 1.76. The standard InChI is InChI=1S/C25H32N2O2/c1-29-24-11-5-7-20(17-24)18-27-16-14-23(12-13-25(27)28)26-15-6-10-22(19-26)21-8-3-2-4-9-21/h2-5,7-9,11,17,22-23H,6,10,12-16,18-19H2,1H3. The molecule has 2 atom stereocenters. The highest BCUT2D eigenvalue weighted by atomic mass is 16.5. The van der Waals surface area contributed by atoms with Crippen LogP contribution in [0, 0.1) is 0 Å². The van der Waals surface area contributed by atoms with Crippen LogP contribution < -0.4 is 4.74 Å². The summed E-state index contributed by atoms with van der Waals surface area (Å²) in [6.07, 6.45) is 5.22. The Hall–Kier alpha value is -2.33. The highest BCUT2D eigenvalue weighted by Gasteiger charge is 2.30. The zero-order valence-electron chi connectivity index (χ0n) is 17.4. The largest absolute Gasteiger partial charge is 0.497 e. The van der Waals surface area contributed by atoms with Gasteiger partial charge in [0, 0.05) is 32.1 Å². The van der Waals surface area contributed by atoms with Gasteiger partial charge in [-0.3, -0.25) is 9.69 Å². The van der Waals surface area contributed by atoms with Gasteiger partial charge in [0.15, 0.2) is 0 Å². The summed E-state index contributed by atoms with van der Waals surface area (Å²) in [6, 6.07) is 19.5. The van der Waals surface area contributed by atoms with Crippen LogP contribution in [0.15, 0.2) is 54.6 Å². The summed E-state index contributed by atoms with van der Waals surface area (Å²) in [5, 5.41) is 0. The van der Waals surface area contributed by atoms with Crippen molar-refractivity contribution in [3.8, 4) is 5.75 Å². The minimum absolute atomic E-state index is 0.284. The molecule has 2 unspecified atom stereocenters. The van der Waals surface area contributed by atoms with E-state index in [0.717, 1.165) is 43.8 Å². The Bertz CT molecular complexity index is 807. The summed E-state index contributed by atoms with van der Waals surface area (Å²) in [7, 11) is 1.68. The summed E-state index contributed by atoms with van der Waals surface area (Å²) < 4.78 is 5.33. The number of hydrogen-bond acceptors (Lipinski definition) is 3. The van der Waals surface area contributed by atoms with E-state index >= 15 is 0 Å². The predicted octanol–water partition coefficient (Wildman–Crippen LogP) is 4.46. The molecule has 2 aliphatic rings. The molecule has 0 spiro atoms. The highest BCUT2D eigenvalue weighted by molar-refractivity contribution is 5.76. The van der Waals surface area contributed by atoms with Crippen LogP contribution in [0.3, 0.4) is 0 Å². The molecule has 0 N–H and O–H groups in total. The van der Waals surface area contributed by atoms with E-state index in [2.05, 4.69) is 41.3 Å². The molecule has 154 valence electrons. The van der Waals surface area contributed by atoms with Gasteiger partial charge >= 0.3 is 0 Å². The summed E-state index contributed by atoms with van der Waals surface area (Å²) in [5.41, 5.74) is 2.60. The zero-order chi connectivity index (χ0) is 20.1. The predicted molar refractivity (Wildman–Crippen MR) is 116 cm³/mol. The molecule has 4 heteroatoms. The first-order valence-electron chi connectivity index (χ1n) is 10.9. The van der Waals surface area contributed by atoms with Gasteiger partial charge in [0.05, 0.1) is 7.11 Å². The van der Waals surface area contributed by atoms with Gasteiger partial charge in [0.2, 0.25) is 5.91 Å². The van der Waals surface area contributed by atoms with Crippen molar-refractivity contribution in [2.24, 2.45) is 0 Å². The minimum Gasteiger partial charge on any atom is -0.497 e. The molecule has 0 bridgehead atoms. The molecule has 0 saturated carbocycles. The molecule has 2 heterocycles. The van der Waals surface area contributed by atoms with Gasteiger partial charge in [-0.05, 0) is 61.4 Å². The molecule has 0 aliphatic carbocycles. The van der Waals surface area contributed by atoms with Crippen molar-refractivity contribution >= 4 is 5.91 Å². The number of rotatable bonds is 5. The second-order valence-electron chi connectivity index (χ2n) is 8.39. The third-order valence-corrected chi connectivity index (χ3v) is 6.52. The smallest absolute Gasteiger partial charge is 0.222 e. The maximum Gasteiger partial charge on any atom is 0.222 e. The molecule has 29 heavy (non-hydrogen) atoms. The maximum absolute atomic E-state index is 12.8. The lowest BCUT2D eigenvalue weighted by Crippen LogP contribution is -2.42. The van der Waals surface area contributed by atoms with E-state index in [1.807, 2.05) is 23.1 Å². The molecular weight excluding hydrogens is 360 g/mol. The summed E-state index contributed by atoms with van der Waals surface area (Å²) >= 11 is 0. The molecule has 2 aliphatic heterocycles. The van der Waals surface area contributed by atoms with Crippen LogP contribution in [0.5, 0.6) is 5.75 Å². The SMILES string of the molecule is COc1cccc(CN2CCC(N3CCCC(c4ccccc4)C3)CCC2=O)c1. The van der Waals surface area contributed by atoms with Crippen molar-refractivity contribution in [2.45, 2.75) is 50.6 Å². The Morgan fingerprint density at radius 2 is 1.86 bits per heavy atom. The number of piperidine rings is 1. The van der Waals surface area contributed by atoms with Crippen molar-refractivity contribution in [1.29, 1.82) is 0 Å². The van der Waals surface area contributed by atoms with Gasteiger partial charge in [-0.2, -0.15) is 0 Å². The van der Waals surface area contributed by atoms with Gasteiger partial charge in [0.25, 0.3) is 0 Å². The average Bonchev–Trinajstić information content (AvgIpc) is 2.96. The van der Waals surface area contributed by atoms with Crippen LogP contribution in [0.1, 0.15) is 49.1 Å². The van der Waals surface area contributed by atoms with E-state index in [4.69, 9.17) is 4.74 Å². The molecule has 2 aromatic rings. The molecule has 4 nitrogen and oxygen atoms in total. The quantitative estimate of drug-likeness (QED) is 0.753. The molecule has 4 rings (SSSR count). The van der Waals surface area contributed by atoms with Crippen molar-refractivity contribution in [2.75, 3.05) is 26.7 Å².